The van der Waals surface area contributed by atoms with Crippen molar-refractivity contribution in [2.75, 3.05) is 0 Å². The van der Waals surface area contributed by atoms with Crippen LogP contribution in [0.1, 0.15) is 43.0 Å². The largest absolute Gasteiger partial charge is 2.00 e. The average molecular weight is 846 g/mol. The van der Waals surface area contributed by atoms with E-state index in [4.69, 9.17) is 14.8 Å². The molecular weight excluding hydrogens is 808 g/mol. The summed E-state index contributed by atoms with van der Waals surface area (Å²) in [6.07, 6.45) is 3.98. The minimum absolute atomic E-state index is 0. The molecule has 8 aromatic rings. The van der Waals surface area contributed by atoms with Crippen LogP contribution in [0.25, 0.3) is 55.7 Å². The molecule has 3 aromatic heterocycles. The molecule has 0 N–H and O–H groups in total. The Bertz CT molecular complexity index is 2520. The van der Waals surface area contributed by atoms with Gasteiger partial charge in [0.2, 0.25) is 0 Å². The molecule has 5 nitrogen and oxygen atoms in total. The van der Waals surface area contributed by atoms with Gasteiger partial charge in [-0.1, -0.05) is 92.5 Å². The van der Waals surface area contributed by atoms with Crippen LogP contribution in [0.5, 0.6) is 11.5 Å². The van der Waals surface area contributed by atoms with E-state index in [1.54, 1.807) is 0 Å². The first kappa shape index (κ1) is 34.2. The number of rotatable bonds is 6. The van der Waals surface area contributed by atoms with Crippen LogP contribution in [0.3, 0.4) is 0 Å². The molecule has 0 bridgehead atoms. The molecule has 51 heavy (non-hydrogen) atoms. The second-order valence-corrected chi connectivity index (χ2v) is 14.1. The maximum Gasteiger partial charge on any atom is 2.00 e. The van der Waals surface area contributed by atoms with Crippen molar-refractivity contribution >= 4 is 21.8 Å². The summed E-state index contributed by atoms with van der Waals surface area (Å²) in [5, 5.41) is 7.41. The van der Waals surface area contributed by atoms with Gasteiger partial charge in [0.15, 0.2) is 0 Å². The fraction of sp³-hybridized carbons (Fsp3) is 0.156. The summed E-state index contributed by atoms with van der Waals surface area (Å²) >= 11 is 0. The van der Waals surface area contributed by atoms with Gasteiger partial charge in [-0.3, -0.25) is 4.68 Å². The van der Waals surface area contributed by atoms with Crippen molar-refractivity contribution in [3.05, 3.63) is 156 Å². The number of aromatic nitrogens is 4. The molecule has 0 aliphatic heterocycles. The van der Waals surface area contributed by atoms with E-state index in [0.717, 1.165) is 55.7 Å². The van der Waals surface area contributed by atoms with E-state index in [9.17, 15) is 0 Å². The molecule has 0 unspecified atom stereocenters. The quantitative estimate of drug-likeness (QED) is 0.157. The number of aryl methyl sites for hydroxylation is 3. The van der Waals surface area contributed by atoms with Crippen LogP contribution in [0.15, 0.2) is 122 Å². The first-order valence-electron chi connectivity index (χ1n) is 17.0. The van der Waals surface area contributed by atoms with Gasteiger partial charge in [0.25, 0.3) is 0 Å². The third kappa shape index (κ3) is 6.43. The Morgan fingerprint density at radius 1 is 0.706 bits per heavy atom. The van der Waals surface area contributed by atoms with Crippen molar-refractivity contribution < 1.29 is 25.8 Å². The summed E-state index contributed by atoms with van der Waals surface area (Å²) in [6.45, 7) is 13.1. The summed E-state index contributed by atoms with van der Waals surface area (Å²) in [5.41, 5.74) is 11.9. The van der Waals surface area contributed by atoms with Gasteiger partial charge in [0.1, 0.15) is 11.5 Å². The fourth-order valence-corrected chi connectivity index (χ4v) is 6.99. The summed E-state index contributed by atoms with van der Waals surface area (Å²) in [4.78, 5) is 4.81. The Balaban J connectivity index is 0.00000406. The molecular formula is C45H38N4OPt. The van der Waals surface area contributed by atoms with Crippen molar-refractivity contribution in [3.63, 3.8) is 0 Å². The maximum absolute atomic E-state index is 6.49. The number of para-hydroxylation sites is 1. The van der Waals surface area contributed by atoms with Gasteiger partial charge in [-0.25, -0.2) is 4.98 Å². The fourth-order valence-electron chi connectivity index (χ4n) is 6.99. The zero-order chi connectivity index (χ0) is 34.6. The van der Waals surface area contributed by atoms with Gasteiger partial charge in [-0.05, 0) is 77.7 Å². The van der Waals surface area contributed by atoms with Gasteiger partial charge < -0.3 is 9.30 Å². The Labute approximate surface area is 313 Å². The third-order valence-electron chi connectivity index (χ3n) is 9.33. The summed E-state index contributed by atoms with van der Waals surface area (Å²) in [7, 11) is 0. The molecule has 0 saturated heterocycles. The first-order chi connectivity index (χ1) is 24.1. The minimum Gasteiger partial charge on any atom is -0.509 e. The number of hydrogen-bond acceptors (Lipinski definition) is 3. The molecule has 254 valence electrons. The monoisotopic (exact) mass is 845 g/mol. The van der Waals surface area contributed by atoms with Crippen molar-refractivity contribution in [2.24, 2.45) is 0 Å². The topological polar surface area (TPSA) is 44.9 Å². The standard InChI is InChI=1S/C45H38N4O.Pt/c1-29-23-30(2)43(31(3)24-29)44-39(32-13-8-7-9-14-32)28-48(47-44)34-15-12-16-35(26-34)50-36-19-20-38-37-17-10-11-18-40(37)49(41(38)27-36)42-25-33(21-22-46-42)45(4,5)6;/h7-25,28H,1-6H3;/q-2;+2. The molecule has 0 saturated carbocycles. The van der Waals surface area contributed by atoms with Crippen LogP contribution in [0.4, 0.5) is 0 Å². The van der Waals surface area contributed by atoms with E-state index in [1.165, 1.54) is 22.3 Å². The van der Waals surface area contributed by atoms with E-state index in [-0.39, 0.29) is 26.5 Å². The van der Waals surface area contributed by atoms with Crippen LogP contribution >= 0.6 is 0 Å². The molecule has 0 aliphatic carbocycles. The summed E-state index contributed by atoms with van der Waals surface area (Å²) in [6, 6.07) is 44.6. The van der Waals surface area contributed by atoms with Crippen LogP contribution in [0.2, 0.25) is 0 Å². The molecule has 0 aliphatic rings. The van der Waals surface area contributed by atoms with Crippen molar-refractivity contribution in [1.29, 1.82) is 0 Å². The molecule has 0 atom stereocenters. The average Bonchev–Trinajstić information content (AvgIpc) is 3.68. The SMILES string of the molecule is Cc1cc(C)c(-c2nn(-c3[c-]c(Oc4[c-]c5c(cc4)c4ccccc4n5-c4cc(C(C)(C)C)ccn4)ccc3)cc2-c2ccccc2)c(C)c1.[Pt+2]. The molecule has 5 aromatic carbocycles. The number of hydrogen-bond donors (Lipinski definition) is 0. The van der Waals surface area contributed by atoms with Gasteiger partial charge in [-0.15, -0.1) is 35.7 Å². The Kier molecular flexibility index (Phi) is 9.03. The second-order valence-electron chi connectivity index (χ2n) is 14.1. The Morgan fingerprint density at radius 2 is 1.43 bits per heavy atom. The van der Waals surface area contributed by atoms with Crippen LogP contribution in [-0.2, 0) is 26.5 Å². The molecule has 0 amide bonds. The zero-order valence-electron chi connectivity index (χ0n) is 29.6. The second kappa shape index (κ2) is 13.5. The van der Waals surface area contributed by atoms with E-state index in [1.807, 2.05) is 41.2 Å². The normalized spacial score (nSPS) is 11.6. The zero-order valence-corrected chi connectivity index (χ0v) is 31.8. The van der Waals surface area contributed by atoms with E-state index >= 15 is 0 Å². The predicted octanol–water partition coefficient (Wildman–Crippen LogP) is 11.3. The summed E-state index contributed by atoms with van der Waals surface area (Å²) < 4.78 is 10.6. The van der Waals surface area contributed by atoms with Crippen molar-refractivity contribution in [2.45, 2.75) is 47.0 Å². The molecule has 6 heteroatoms. The van der Waals surface area contributed by atoms with Gasteiger partial charge >= 0.3 is 21.1 Å². The minimum atomic E-state index is -0.00964. The van der Waals surface area contributed by atoms with Crippen LogP contribution < -0.4 is 4.74 Å². The van der Waals surface area contributed by atoms with Crippen LogP contribution in [0, 0.1) is 32.9 Å². The van der Waals surface area contributed by atoms with Crippen molar-refractivity contribution in [3.8, 4) is 45.4 Å². The number of benzene rings is 5. The van der Waals surface area contributed by atoms with Gasteiger partial charge in [0, 0.05) is 40.5 Å². The van der Waals surface area contributed by atoms with Crippen molar-refractivity contribution in [1.82, 2.24) is 19.3 Å². The number of nitrogens with zero attached hydrogens (tertiary/aromatic N) is 4. The summed E-state index contributed by atoms with van der Waals surface area (Å²) in [5.74, 6) is 2.03. The number of fused-ring (bicyclic) bond motifs is 3. The number of pyridine rings is 1. The predicted molar refractivity (Wildman–Crippen MR) is 204 cm³/mol. The molecule has 0 radical (unpaired) electrons. The smallest absolute Gasteiger partial charge is 0.509 e. The number of ether oxygens (including phenoxy) is 1. The van der Waals surface area contributed by atoms with E-state index < -0.39 is 0 Å². The molecule has 0 spiro atoms. The maximum atomic E-state index is 6.49. The third-order valence-corrected chi connectivity index (χ3v) is 9.33. The van der Waals surface area contributed by atoms with E-state index in [0.29, 0.717) is 11.5 Å². The van der Waals surface area contributed by atoms with Gasteiger partial charge in [-0.2, -0.15) is 17.2 Å². The Morgan fingerprint density at radius 3 is 2.20 bits per heavy atom. The Hall–Kier alpha value is -5.25. The molecule has 8 rings (SSSR count). The van der Waals surface area contributed by atoms with Gasteiger partial charge in [0.05, 0.1) is 0 Å². The molecule has 3 heterocycles. The van der Waals surface area contributed by atoms with E-state index in [2.05, 4.69) is 143 Å². The van der Waals surface area contributed by atoms with Crippen LogP contribution in [-0.4, -0.2) is 19.3 Å². The first-order valence-corrected chi connectivity index (χ1v) is 17.0. The molecule has 0 fully saturated rings.